The zero-order valence-corrected chi connectivity index (χ0v) is 9.08. The van der Waals surface area contributed by atoms with Crippen LogP contribution in [0, 0.1) is 11.3 Å². The Labute approximate surface area is 97.7 Å². The molecule has 0 saturated carbocycles. The molecular weight excluding hydrogens is 220 g/mol. The molecule has 0 spiro atoms. The van der Waals surface area contributed by atoms with Gasteiger partial charge >= 0.3 is 5.97 Å². The highest BCUT2D eigenvalue weighted by Crippen LogP contribution is 2.06. The molecule has 0 aliphatic rings. The number of nitrogens with zero attached hydrogens (tertiary/aromatic N) is 3. The summed E-state index contributed by atoms with van der Waals surface area (Å²) in [5.41, 5.74) is 6.49. The number of pyridine rings is 1. The van der Waals surface area contributed by atoms with E-state index >= 15 is 0 Å². The predicted octanol–water partition coefficient (Wildman–Crippen LogP) is 0.408. The lowest BCUT2D eigenvalue weighted by atomic mass is 10.2. The van der Waals surface area contributed by atoms with Gasteiger partial charge in [-0.2, -0.15) is 5.26 Å². The first-order valence-electron chi connectivity index (χ1n) is 4.62. The van der Waals surface area contributed by atoms with Gasteiger partial charge in [0.2, 0.25) is 0 Å². The summed E-state index contributed by atoms with van der Waals surface area (Å²) in [5.74, 6) is -1.16. The van der Waals surface area contributed by atoms with Gasteiger partial charge in [-0.15, -0.1) is 0 Å². The van der Waals surface area contributed by atoms with Crippen LogP contribution >= 0.6 is 0 Å². The van der Waals surface area contributed by atoms with E-state index < -0.39 is 5.97 Å². The van der Waals surface area contributed by atoms with Crippen LogP contribution in [0.25, 0.3) is 5.70 Å². The molecule has 0 aliphatic carbocycles. The maximum atomic E-state index is 10.7. The van der Waals surface area contributed by atoms with Crippen LogP contribution in [0.5, 0.6) is 0 Å². The first kappa shape index (κ1) is 12.4. The molecule has 0 atom stereocenters. The molecule has 6 nitrogen and oxygen atoms in total. The van der Waals surface area contributed by atoms with Crippen LogP contribution in [-0.4, -0.2) is 28.8 Å². The van der Waals surface area contributed by atoms with Crippen LogP contribution in [0.2, 0.25) is 0 Å². The second-order valence-corrected chi connectivity index (χ2v) is 3.06. The minimum absolute atomic E-state index is 0.159. The summed E-state index contributed by atoms with van der Waals surface area (Å²) in [4.78, 5) is 18.2. The van der Waals surface area contributed by atoms with Crippen molar-refractivity contribution in [2.75, 3.05) is 7.05 Å². The average molecular weight is 230 g/mol. The summed E-state index contributed by atoms with van der Waals surface area (Å²) in [6, 6.07) is 5.01. The van der Waals surface area contributed by atoms with Crippen molar-refractivity contribution in [3.05, 3.63) is 35.7 Å². The molecule has 3 N–H and O–H groups in total. The van der Waals surface area contributed by atoms with Crippen LogP contribution in [0.15, 0.2) is 29.4 Å². The minimum Gasteiger partial charge on any atom is -0.477 e. The van der Waals surface area contributed by atoms with Crippen molar-refractivity contribution >= 4 is 17.4 Å². The molecule has 0 radical (unpaired) electrons. The number of rotatable bonds is 3. The van der Waals surface area contributed by atoms with E-state index in [1.165, 1.54) is 19.3 Å². The number of nitrogens with two attached hydrogens (primary N) is 1. The monoisotopic (exact) mass is 230 g/mol. The van der Waals surface area contributed by atoms with Crippen LogP contribution in [0.1, 0.15) is 11.3 Å². The number of carboxylic acid groups (broad SMARTS) is 1. The average Bonchev–Trinajstić information content (AvgIpc) is 2.35. The summed E-state index contributed by atoms with van der Waals surface area (Å²) in [6.07, 6.45) is 2.58. The normalized spacial score (nSPS) is 12.0. The fourth-order valence-corrected chi connectivity index (χ4v) is 1.07. The van der Waals surface area contributed by atoms with Gasteiger partial charge in [0.25, 0.3) is 0 Å². The highest BCUT2D eigenvalue weighted by atomic mass is 16.4. The lowest BCUT2D eigenvalue weighted by Gasteiger charge is -2.00. The van der Waals surface area contributed by atoms with Crippen molar-refractivity contribution in [1.82, 2.24) is 4.98 Å². The second kappa shape index (κ2) is 5.42. The smallest absolute Gasteiger partial charge is 0.354 e. The van der Waals surface area contributed by atoms with E-state index in [0.29, 0.717) is 11.3 Å². The fraction of sp³-hybridized carbons (Fsp3) is 0.0909. The molecule has 86 valence electrons. The van der Waals surface area contributed by atoms with Gasteiger partial charge in [-0.05, 0) is 18.2 Å². The highest BCUT2D eigenvalue weighted by molar-refractivity contribution is 6.41. The Balaban J connectivity index is 3.04. The van der Waals surface area contributed by atoms with Gasteiger partial charge in [-0.25, -0.2) is 4.79 Å². The molecular formula is C11H10N4O2. The Morgan fingerprint density at radius 1 is 1.65 bits per heavy atom. The van der Waals surface area contributed by atoms with Gasteiger partial charge in [0.1, 0.15) is 11.8 Å². The Hall–Kier alpha value is -2.68. The van der Waals surface area contributed by atoms with Gasteiger partial charge < -0.3 is 10.8 Å². The van der Waals surface area contributed by atoms with Crippen molar-refractivity contribution in [1.29, 1.82) is 5.26 Å². The van der Waals surface area contributed by atoms with Crippen LogP contribution in [-0.2, 0) is 4.79 Å². The molecule has 1 aromatic heterocycles. The van der Waals surface area contributed by atoms with E-state index in [0.717, 1.165) is 0 Å². The zero-order chi connectivity index (χ0) is 12.8. The van der Waals surface area contributed by atoms with Crippen LogP contribution < -0.4 is 5.73 Å². The molecule has 0 aromatic carbocycles. The number of nitriles is 1. The Bertz CT molecular complexity index is 523. The molecule has 0 aliphatic heterocycles. The van der Waals surface area contributed by atoms with Gasteiger partial charge in [0.05, 0.1) is 17.0 Å². The van der Waals surface area contributed by atoms with E-state index in [4.69, 9.17) is 16.1 Å². The molecule has 0 unspecified atom stereocenters. The third-order valence-electron chi connectivity index (χ3n) is 1.94. The summed E-state index contributed by atoms with van der Waals surface area (Å²) in [7, 11) is 1.36. The van der Waals surface area contributed by atoms with E-state index in [9.17, 15) is 4.79 Å². The fourth-order valence-electron chi connectivity index (χ4n) is 1.07. The largest absolute Gasteiger partial charge is 0.477 e. The standard InChI is InChI=1S/C11H10N4O2/c1-14-10(11(16)17)4-8(13)9-3-2-7(5-12)6-15-9/h2-4,6H,13H2,1H3,(H,16,17). The summed E-state index contributed by atoms with van der Waals surface area (Å²) >= 11 is 0. The summed E-state index contributed by atoms with van der Waals surface area (Å²) < 4.78 is 0. The number of hydrogen-bond acceptors (Lipinski definition) is 5. The van der Waals surface area contributed by atoms with Crippen LogP contribution in [0.3, 0.4) is 0 Å². The maximum Gasteiger partial charge on any atom is 0.354 e. The van der Waals surface area contributed by atoms with Crippen molar-refractivity contribution < 1.29 is 9.90 Å². The molecule has 1 aromatic rings. The number of aromatic nitrogens is 1. The SMILES string of the molecule is CN=C(C=C(N)c1ccc(C#N)cn1)C(=O)O. The van der Waals surface area contributed by atoms with E-state index in [-0.39, 0.29) is 11.4 Å². The first-order valence-corrected chi connectivity index (χ1v) is 4.62. The highest BCUT2D eigenvalue weighted by Gasteiger charge is 2.07. The van der Waals surface area contributed by atoms with Crippen molar-refractivity contribution in [3.63, 3.8) is 0 Å². The molecule has 0 amide bonds. The van der Waals surface area contributed by atoms with Gasteiger partial charge in [0, 0.05) is 13.2 Å². The number of aliphatic imine (C=N–C) groups is 1. The van der Waals surface area contributed by atoms with E-state index in [2.05, 4.69) is 9.98 Å². The third-order valence-corrected chi connectivity index (χ3v) is 1.94. The van der Waals surface area contributed by atoms with E-state index in [1.807, 2.05) is 6.07 Å². The Kier molecular flexibility index (Phi) is 3.95. The third kappa shape index (κ3) is 3.14. The van der Waals surface area contributed by atoms with Crippen molar-refractivity contribution in [2.24, 2.45) is 10.7 Å². The lowest BCUT2D eigenvalue weighted by Crippen LogP contribution is -2.12. The van der Waals surface area contributed by atoms with Crippen LogP contribution in [0.4, 0.5) is 0 Å². The predicted molar refractivity (Wildman–Crippen MR) is 62.1 cm³/mol. The first-order chi connectivity index (χ1) is 8.08. The van der Waals surface area contributed by atoms with Crippen molar-refractivity contribution in [3.8, 4) is 6.07 Å². The number of carbonyl (C=O) groups is 1. The van der Waals surface area contributed by atoms with Gasteiger partial charge in [0.15, 0.2) is 0 Å². The minimum atomic E-state index is -1.16. The van der Waals surface area contributed by atoms with E-state index in [1.54, 1.807) is 12.1 Å². The number of hydrogen-bond donors (Lipinski definition) is 2. The second-order valence-electron chi connectivity index (χ2n) is 3.06. The summed E-state index contributed by atoms with van der Waals surface area (Å²) in [5, 5.41) is 17.3. The number of carboxylic acids is 1. The molecule has 6 heteroatoms. The topological polar surface area (TPSA) is 112 Å². The summed E-state index contributed by atoms with van der Waals surface area (Å²) in [6.45, 7) is 0. The Morgan fingerprint density at radius 2 is 2.35 bits per heavy atom. The van der Waals surface area contributed by atoms with Crippen molar-refractivity contribution in [2.45, 2.75) is 0 Å². The maximum absolute atomic E-state index is 10.7. The zero-order valence-electron chi connectivity index (χ0n) is 9.08. The number of aliphatic carboxylic acids is 1. The lowest BCUT2D eigenvalue weighted by molar-refractivity contribution is -0.129. The molecule has 0 bridgehead atoms. The molecule has 1 rings (SSSR count). The Morgan fingerprint density at radius 3 is 2.76 bits per heavy atom. The quantitative estimate of drug-likeness (QED) is 0.730. The molecule has 0 saturated heterocycles. The van der Waals surface area contributed by atoms with Gasteiger partial charge in [-0.1, -0.05) is 0 Å². The molecule has 17 heavy (non-hydrogen) atoms. The molecule has 0 fully saturated rings. The molecule has 1 heterocycles. The van der Waals surface area contributed by atoms with Gasteiger partial charge in [-0.3, -0.25) is 9.98 Å².